The van der Waals surface area contributed by atoms with Crippen LogP contribution in [0, 0.1) is 5.41 Å². The van der Waals surface area contributed by atoms with Crippen LogP contribution in [-0.2, 0) is 11.3 Å². The highest BCUT2D eigenvalue weighted by molar-refractivity contribution is 5.77. The second kappa shape index (κ2) is 6.94. The van der Waals surface area contributed by atoms with Gasteiger partial charge in [-0.15, -0.1) is 0 Å². The van der Waals surface area contributed by atoms with E-state index in [-0.39, 0.29) is 11.3 Å². The molecule has 1 aliphatic rings. The molecule has 0 heterocycles. The molecule has 4 nitrogen and oxygen atoms in total. The Balaban J connectivity index is 1.97. The minimum absolute atomic E-state index is 0.0603. The van der Waals surface area contributed by atoms with Crippen LogP contribution in [0.2, 0.25) is 0 Å². The zero-order valence-corrected chi connectivity index (χ0v) is 13.1. The number of benzene rings is 1. The molecule has 1 saturated carbocycles. The van der Waals surface area contributed by atoms with Crippen molar-refractivity contribution in [2.45, 2.75) is 39.2 Å². The monoisotopic (exact) mass is 290 g/mol. The van der Waals surface area contributed by atoms with Crippen molar-refractivity contribution in [3.63, 3.8) is 0 Å². The molecule has 0 spiro atoms. The van der Waals surface area contributed by atoms with Gasteiger partial charge in [-0.2, -0.15) is 0 Å². The highest BCUT2D eigenvalue weighted by atomic mass is 16.5. The van der Waals surface area contributed by atoms with Crippen molar-refractivity contribution in [3.05, 3.63) is 29.8 Å². The first-order chi connectivity index (χ1) is 10.1. The minimum Gasteiger partial charge on any atom is -0.494 e. The summed E-state index contributed by atoms with van der Waals surface area (Å²) in [4.78, 5) is 14.2. The zero-order chi connectivity index (χ0) is 15.3. The predicted molar refractivity (Wildman–Crippen MR) is 84.0 cm³/mol. The fourth-order valence-electron chi connectivity index (χ4n) is 2.86. The normalized spacial score (nSPS) is 16.1. The number of amides is 1. The molecule has 21 heavy (non-hydrogen) atoms. The lowest BCUT2D eigenvalue weighted by Gasteiger charge is -2.41. The first kappa shape index (κ1) is 15.8. The Morgan fingerprint density at radius 2 is 2.10 bits per heavy atom. The molecule has 0 bridgehead atoms. The van der Waals surface area contributed by atoms with Crippen molar-refractivity contribution in [1.82, 2.24) is 4.90 Å². The summed E-state index contributed by atoms with van der Waals surface area (Å²) in [6.07, 6.45) is 3.93. The lowest BCUT2D eigenvalue weighted by atomic mass is 9.66. The summed E-state index contributed by atoms with van der Waals surface area (Å²) in [7, 11) is 1.86. The highest BCUT2D eigenvalue weighted by Crippen LogP contribution is 2.43. The van der Waals surface area contributed by atoms with Gasteiger partial charge in [0.2, 0.25) is 5.91 Å². The van der Waals surface area contributed by atoms with Crippen molar-refractivity contribution >= 4 is 5.91 Å². The first-order valence-corrected chi connectivity index (χ1v) is 7.75. The summed E-state index contributed by atoms with van der Waals surface area (Å²) in [5, 5.41) is 0. The van der Waals surface area contributed by atoms with Crippen molar-refractivity contribution in [2.75, 3.05) is 20.2 Å². The molecule has 0 atom stereocenters. The average Bonchev–Trinajstić information content (AvgIpc) is 2.45. The van der Waals surface area contributed by atoms with E-state index in [1.165, 1.54) is 6.42 Å². The third kappa shape index (κ3) is 3.76. The number of carbonyl (C=O) groups excluding carboxylic acids is 1. The standard InChI is InChI=1S/C17H26N2O2/c1-3-21-15-8-5-4-7-14(15)12-19(2)16(20)11-17(13-18)9-6-10-17/h4-5,7-8H,3,6,9-13,18H2,1-2H3. The van der Waals surface area contributed by atoms with Crippen molar-refractivity contribution < 1.29 is 9.53 Å². The molecule has 116 valence electrons. The maximum absolute atomic E-state index is 12.4. The van der Waals surface area contributed by atoms with Crippen LogP contribution in [0.3, 0.4) is 0 Å². The fraction of sp³-hybridized carbons (Fsp3) is 0.588. The zero-order valence-electron chi connectivity index (χ0n) is 13.1. The summed E-state index contributed by atoms with van der Waals surface area (Å²) in [5.74, 6) is 1.03. The van der Waals surface area contributed by atoms with Crippen LogP contribution < -0.4 is 10.5 Å². The molecule has 1 aliphatic carbocycles. The Labute approximate surface area is 127 Å². The van der Waals surface area contributed by atoms with Gasteiger partial charge in [0, 0.05) is 25.6 Å². The second-order valence-electron chi connectivity index (χ2n) is 6.02. The van der Waals surface area contributed by atoms with Gasteiger partial charge in [0.15, 0.2) is 0 Å². The molecular formula is C17H26N2O2. The number of hydrogen-bond donors (Lipinski definition) is 1. The molecule has 1 aromatic rings. The van der Waals surface area contributed by atoms with Gasteiger partial charge in [-0.3, -0.25) is 4.79 Å². The number of nitrogens with two attached hydrogens (primary N) is 1. The molecule has 0 radical (unpaired) electrons. The van der Waals surface area contributed by atoms with E-state index in [1.807, 2.05) is 38.2 Å². The Hall–Kier alpha value is -1.55. The van der Waals surface area contributed by atoms with Gasteiger partial charge < -0.3 is 15.4 Å². The molecule has 0 saturated heterocycles. The minimum atomic E-state index is 0.0603. The van der Waals surface area contributed by atoms with E-state index in [1.54, 1.807) is 4.90 Å². The summed E-state index contributed by atoms with van der Waals surface area (Å²) in [5.41, 5.74) is 6.95. The highest BCUT2D eigenvalue weighted by Gasteiger charge is 2.38. The number of para-hydroxylation sites is 1. The summed E-state index contributed by atoms with van der Waals surface area (Å²) >= 11 is 0. The van der Waals surface area contributed by atoms with E-state index in [0.29, 0.717) is 26.1 Å². The molecule has 1 amide bonds. The van der Waals surface area contributed by atoms with Crippen LogP contribution >= 0.6 is 0 Å². The topological polar surface area (TPSA) is 55.6 Å². The second-order valence-corrected chi connectivity index (χ2v) is 6.02. The SMILES string of the molecule is CCOc1ccccc1CN(C)C(=O)CC1(CN)CCC1. The predicted octanol–water partition coefficient (Wildman–Crippen LogP) is 2.56. The van der Waals surface area contributed by atoms with E-state index in [9.17, 15) is 4.79 Å². The molecule has 0 aromatic heterocycles. The molecule has 0 aliphatic heterocycles. The lowest BCUT2D eigenvalue weighted by molar-refractivity contribution is -0.134. The van der Waals surface area contributed by atoms with E-state index in [4.69, 9.17) is 10.5 Å². The maximum Gasteiger partial charge on any atom is 0.223 e. The lowest BCUT2D eigenvalue weighted by Crippen LogP contribution is -2.42. The van der Waals surface area contributed by atoms with E-state index in [2.05, 4.69) is 0 Å². The van der Waals surface area contributed by atoms with Crippen LogP contribution in [0.1, 0.15) is 38.2 Å². The van der Waals surface area contributed by atoms with Crippen LogP contribution in [-0.4, -0.2) is 31.0 Å². The largest absolute Gasteiger partial charge is 0.494 e. The Bertz CT molecular complexity index is 478. The van der Waals surface area contributed by atoms with Gasteiger partial charge in [0.05, 0.1) is 6.61 Å². The van der Waals surface area contributed by atoms with Gasteiger partial charge in [0.1, 0.15) is 5.75 Å². The van der Waals surface area contributed by atoms with Crippen molar-refractivity contribution in [1.29, 1.82) is 0 Å². The van der Waals surface area contributed by atoms with Crippen molar-refractivity contribution in [3.8, 4) is 5.75 Å². The number of hydrogen-bond acceptors (Lipinski definition) is 3. The summed E-state index contributed by atoms with van der Waals surface area (Å²) < 4.78 is 5.61. The number of nitrogens with zero attached hydrogens (tertiary/aromatic N) is 1. The van der Waals surface area contributed by atoms with Gasteiger partial charge in [-0.1, -0.05) is 24.6 Å². The summed E-state index contributed by atoms with van der Waals surface area (Å²) in [6, 6.07) is 7.89. The van der Waals surface area contributed by atoms with Gasteiger partial charge in [-0.05, 0) is 37.8 Å². The molecule has 1 fully saturated rings. The third-order valence-electron chi connectivity index (χ3n) is 4.48. The Morgan fingerprint density at radius 1 is 1.38 bits per heavy atom. The van der Waals surface area contributed by atoms with Crippen LogP contribution in [0.15, 0.2) is 24.3 Å². The van der Waals surface area contributed by atoms with E-state index < -0.39 is 0 Å². The van der Waals surface area contributed by atoms with Gasteiger partial charge in [-0.25, -0.2) is 0 Å². The molecule has 2 N–H and O–H groups in total. The molecular weight excluding hydrogens is 264 g/mol. The Morgan fingerprint density at radius 3 is 2.67 bits per heavy atom. The van der Waals surface area contributed by atoms with Crippen LogP contribution in [0.5, 0.6) is 5.75 Å². The average molecular weight is 290 g/mol. The van der Waals surface area contributed by atoms with Crippen molar-refractivity contribution in [2.24, 2.45) is 11.1 Å². The van der Waals surface area contributed by atoms with E-state index in [0.717, 1.165) is 24.2 Å². The van der Waals surface area contributed by atoms with E-state index >= 15 is 0 Å². The number of carbonyl (C=O) groups is 1. The molecule has 1 aromatic carbocycles. The number of rotatable bonds is 7. The van der Waals surface area contributed by atoms with Crippen LogP contribution in [0.25, 0.3) is 0 Å². The molecule has 2 rings (SSSR count). The smallest absolute Gasteiger partial charge is 0.223 e. The van der Waals surface area contributed by atoms with Gasteiger partial charge in [0.25, 0.3) is 0 Å². The summed E-state index contributed by atoms with van der Waals surface area (Å²) in [6.45, 7) is 3.79. The van der Waals surface area contributed by atoms with Crippen LogP contribution in [0.4, 0.5) is 0 Å². The molecule has 4 heteroatoms. The fourth-order valence-corrected chi connectivity index (χ4v) is 2.86. The van der Waals surface area contributed by atoms with Gasteiger partial charge >= 0.3 is 0 Å². The quantitative estimate of drug-likeness (QED) is 0.839. The Kier molecular flexibility index (Phi) is 5.23. The number of ether oxygens (including phenoxy) is 1. The first-order valence-electron chi connectivity index (χ1n) is 7.75. The molecule has 0 unspecified atom stereocenters. The maximum atomic E-state index is 12.4. The third-order valence-corrected chi connectivity index (χ3v) is 4.48.